The first-order valence-corrected chi connectivity index (χ1v) is 12.0. The van der Waals surface area contributed by atoms with Gasteiger partial charge in [-0.15, -0.1) is 0 Å². The number of furan rings is 1. The van der Waals surface area contributed by atoms with E-state index in [0.29, 0.717) is 17.8 Å². The highest BCUT2D eigenvalue weighted by molar-refractivity contribution is 7.92. The summed E-state index contributed by atoms with van der Waals surface area (Å²) in [6.45, 7) is 6.83. The standard InChI is InChI=1S/C18H25N3O6S2/c1-5-12-28(23,24)20-14-8-6-13(7-9-14)19-17(22)15-10-11-16(27-15)29(25,26)21-18(2,3)4/h6-11,20-21H,5,12H2,1-4H3,(H,19,22). The topological polar surface area (TPSA) is 135 Å². The molecule has 11 heteroatoms. The lowest BCUT2D eigenvalue weighted by Gasteiger charge is -2.18. The summed E-state index contributed by atoms with van der Waals surface area (Å²) in [5, 5.41) is 2.20. The number of anilines is 2. The fourth-order valence-corrected chi connectivity index (χ4v) is 4.84. The van der Waals surface area contributed by atoms with Crippen molar-refractivity contribution in [2.75, 3.05) is 15.8 Å². The van der Waals surface area contributed by atoms with Gasteiger partial charge in [0.2, 0.25) is 15.1 Å². The van der Waals surface area contributed by atoms with Gasteiger partial charge in [-0.2, -0.15) is 0 Å². The molecule has 0 aliphatic carbocycles. The summed E-state index contributed by atoms with van der Waals surface area (Å²) < 4.78 is 58.1. The molecule has 1 aromatic heterocycles. The smallest absolute Gasteiger partial charge is 0.291 e. The Balaban J connectivity index is 2.07. The molecule has 0 fully saturated rings. The molecule has 2 aromatic rings. The molecule has 0 aliphatic rings. The van der Waals surface area contributed by atoms with Crippen molar-refractivity contribution >= 4 is 37.3 Å². The van der Waals surface area contributed by atoms with Gasteiger partial charge in [-0.25, -0.2) is 21.6 Å². The van der Waals surface area contributed by atoms with Crippen LogP contribution in [0.5, 0.6) is 0 Å². The summed E-state index contributed by atoms with van der Waals surface area (Å²) in [6, 6.07) is 8.52. The van der Waals surface area contributed by atoms with Crippen LogP contribution in [0.15, 0.2) is 45.9 Å². The number of hydrogen-bond donors (Lipinski definition) is 3. The van der Waals surface area contributed by atoms with E-state index in [1.54, 1.807) is 27.7 Å². The fourth-order valence-electron chi connectivity index (χ4n) is 2.35. The number of carbonyl (C=O) groups excluding carboxylic acids is 1. The van der Waals surface area contributed by atoms with Crippen molar-refractivity contribution in [1.82, 2.24) is 4.72 Å². The van der Waals surface area contributed by atoms with Gasteiger partial charge in [-0.3, -0.25) is 9.52 Å². The van der Waals surface area contributed by atoms with E-state index in [4.69, 9.17) is 4.42 Å². The van der Waals surface area contributed by atoms with Crippen molar-refractivity contribution < 1.29 is 26.0 Å². The van der Waals surface area contributed by atoms with Crippen molar-refractivity contribution in [3.63, 3.8) is 0 Å². The maximum absolute atomic E-state index is 12.3. The van der Waals surface area contributed by atoms with Crippen LogP contribution < -0.4 is 14.8 Å². The Morgan fingerprint density at radius 2 is 1.55 bits per heavy atom. The van der Waals surface area contributed by atoms with Crippen LogP contribution in [0.25, 0.3) is 0 Å². The average molecular weight is 444 g/mol. The zero-order valence-corrected chi connectivity index (χ0v) is 18.3. The Kier molecular flexibility index (Phi) is 6.76. The monoisotopic (exact) mass is 443 g/mol. The van der Waals surface area contributed by atoms with Gasteiger partial charge in [0.05, 0.1) is 5.75 Å². The lowest BCUT2D eigenvalue weighted by molar-refractivity contribution is 0.0991. The molecule has 0 atom stereocenters. The zero-order chi connectivity index (χ0) is 21.9. The van der Waals surface area contributed by atoms with Gasteiger partial charge >= 0.3 is 0 Å². The third-order valence-corrected chi connectivity index (χ3v) is 6.52. The zero-order valence-electron chi connectivity index (χ0n) is 16.6. The van der Waals surface area contributed by atoms with Crippen molar-refractivity contribution in [2.45, 2.75) is 44.7 Å². The number of carbonyl (C=O) groups is 1. The number of sulfonamides is 2. The molecular weight excluding hydrogens is 418 g/mol. The van der Waals surface area contributed by atoms with E-state index in [1.807, 2.05) is 0 Å². The van der Waals surface area contributed by atoms with Crippen LogP contribution in [-0.4, -0.2) is 34.0 Å². The number of rotatable bonds is 8. The number of nitrogens with one attached hydrogen (secondary N) is 3. The SMILES string of the molecule is CCCS(=O)(=O)Nc1ccc(NC(=O)c2ccc(S(=O)(=O)NC(C)(C)C)o2)cc1. The van der Waals surface area contributed by atoms with E-state index < -0.39 is 31.5 Å². The second-order valence-electron chi connectivity index (χ2n) is 7.43. The summed E-state index contributed by atoms with van der Waals surface area (Å²) in [5.74, 6) is -0.798. The molecule has 9 nitrogen and oxygen atoms in total. The van der Waals surface area contributed by atoms with Gasteiger partial charge in [0.15, 0.2) is 5.76 Å². The molecule has 2 rings (SSSR count). The molecule has 1 amide bonds. The van der Waals surface area contributed by atoms with Gasteiger partial charge in [0, 0.05) is 16.9 Å². The minimum Gasteiger partial charge on any atom is -0.438 e. The summed E-state index contributed by atoms with van der Waals surface area (Å²) >= 11 is 0. The minimum atomic E-state index is -3.89. The third-order valence-electron chi connectivity index (χ3n) is 3.40. The van der Waals surface area contributed by atoms with Crippen LogP contribution in [0, 0.1) is 0 Å². The average Bonchev–Trinajstić information content (AvgIpc) is 3.05. The van der Waals surface area contributed by atoms with Gasteiger partial charge in [0.1, 0.15) is 0 Å². The lowest BCUT2D eigenvalue weighted by Crippen LogP contribution is -2.40. The molecule has 1 heterocycles. The highest BCUT2D eigenvalue weighted by atomic mass is 32.2. The highest BCUT2D eigenvalue weighted by Crippen LogP contribution is 2.19. The summed E-state index contributed by atoms with van der Waals surface area (Å²) in [4.78, 5) is 12.3. The van der Waals surface area contributed by atoms with Crippen molar-refractivity contribution in [3.05, 3.63) is 42.2 Å². The van der Waals surface area contributed by atoms with Gasteiger partial charge < -0.3 is 9.73 Å². The van der Waals surface area contributed by atoms with Crippen LogP contribution in [0.1, 0.15) is 44.7 Å². The second kappa shape index (κ2) is 8.56. The minimum absolute atomic E-state index is 0.0132. The first-order valence-electron chi connectivity index (χ1n) is 8.87. The molecule has 0 radical (unpaired) electrons. The molecule has 0 unspecified atom stereocenters. The molecular formula is C18H25N3O6S2. The van der Waals surface area contributed by atoms with Crippen molar-refractivity contribution in [1.29, 1.82) is 0 Å². The second-order valence-corrected chi connectivity index (χ2v) is 10.9. The fraction of sp³-hybridized carbons (Fsp3) is 0.389. The Hall–Kier alpha value is -2.37. The summed E-state index contributed by atoms with van der Waals surface area (Å²) in [5.41, 5.74) is 0.0622. The Morgan fingerprint density at radius 1 is 0.966 bits per heavy atom. The van der Waals surface area contributed by atoms with E-state index in [1.165, 1.54) is 36.4 Å². The molecule has 0 bridgehead atoms. The van der Waals surface area contributed by atoms with Crippen LogP contribution in [-0.2, 0) is 20.0 Å². The number of amides is 1. The largest absolute Gasteiger partial charge is 0.438 e. The summed E-state index contributed by atoms with van der Waals surface area (Å²) in [6.07, 6.45) is 0.496. The van der Waals surface area contributed by atoms with Crippen molar-refractivity contribution in [2.24, 2.45) is 0 Å². The van der Waals surface area contributed by atoms with Crippen LogP contribution >= 0.6 is 0 Å². The molecule has 160 valence electrons. The van der Waals surface area contributed by atoms with Gasteiger partial charge in [-0.1, -0.05) is 6.92 Å². The van der Waals surface area contributed by atoms with Crippen LogP contribution in [0.3, 0.4) is 0 Å². The first kappa shape index (κ1) is 22.9. The predicted molar refractivity (Wildman–Crippen MR) is 111 cm³/mol. The maximum Gasteiger partial charge on any atom is 0.291 e. The Morgan fingerprint density at radius 3 is 2.10 bits per heavy atom. The summed E-state index contributed by atoms with van der Waals surface area (Å²) in [7, 11) is -7.30. The van der Waals surface area contributed by atoms with Crippen LogP contribution in [0.4, 0.5) is 11.4 Å². The van der Waals surface area contributed by atoms with E-state index in [2.05, 4.69) is 14.8 Å². The number of hydrogen-bond acceptors (Lipinski definition) is 6. The van der Waals surface area contributed by atoms with Gasteiger partial charge in [0.25, 0.3) is 15.9 Å². The molecule has 0 saturated carbocycles. The third kappa shape index (κ3) is 6.87. The lowest BCUT2D eigenvalue weighted by atomic mass is 10.1. The van der Waals surface area contributed by atoms with E-state index in [-0.39, 0.29) is 16.6 Å². The van der Waals surface area contributed by atoms with Crippen molar-refractivity contribution in [3.8, 4) is 0 Å². The number of benzene rings is 1. The van der Waals surface area contributed by atoms with E-state index in [0.717, 1.165) is 0 Å². The molecule has 29 heavy (non-hydrogen) atoms. The Labute approximate surface area is 171 Å². The Bertz CT molecular complexity index is 1070. The maximum atomic E-state index is 12.3. The van der Waals surface area contributed by atoms with Crippen LogP contribution in [0.2, 0.25) is 0 Å². The molecule has 0 spiro atoms. The highest BCUT2D eigenvalue weighted by Gasteiger charge is 2.26. The molecule has 3 N–H and O–H groups in total. The first-order chi connectivity index (χ1) is 13.3. The van der Waals surface area contributed by atoms with E-state index >= 15 is 0 Å². The quantitative estimate of drug-likeness (QED) is 0.574. The van der Waals surface area contributed by atoms with E-state index in [9.17, 15) is 21.6 Å². The van der Waals surface area contributed by atoms with Gasteiger partial charge in [-0.05, 0) is 63.6 Å². The molecule has 0 saturated heterocycles. The predicted octanol–water partition coefficient (Wildman–Crippen LogP) is 2.76. The molecule has 1 aromatic carbocycles. The normalized spacial score (nSPS) is 12.6. The molecule has 0 aliphatic heterocycles.